The Morgan fingerprint density at radius 3 is 2.62 bits per heavy atom. The SMILES string of the molecule is Nc1nc(-c2ccccc2)c(-c2cc(Cl)c3[nH]ncc3c2)nc1OCC1CCC1. The number of nitrogens with one attached hydrogen (secondary N) is 1. The highest BCUT2D eigenvalue weighted by Crippen LogP contribution is 2.37. The third kappa shape index (κ3) is 3.40. The number of H-pyrrole nitrogens is 1. The van der Waals surface area contributed by atoms with Gasteiger partial charge in [-0.05, 0) is 30.9 Å². The Balaban J connectivity index is 1.64. The second-order valence-corrected chi connectivity index (χ2v) is 7.78. The van der Waals surface area contributed by atoms with Crippen LogP contribution in [-0.4, -0.2) is 26.8 Å². The summed E-state index contributed by atoms with van der Waals surface area (Å²) in [5.41, 5.74) is 10.1. The van der Waals surface area contributed by atoms with E-state index in [9.17, 15) is 0 Å². The first kappa shape index (κ1) is 17.9. The molecule has 1 aliphatic rings. The molecule has 1 saturated carbocycles. The van der Waals surface area contributed by atoms with E-state index in [-0.39, 0.29) is 0 Å². The van der Waals surface area contributed by atoms with E-state index < -0.39 is 0 Å². The Labute approximate surface area is 173 Å². The highest BCUT2D eigenvalue weighted by molar-refractivity contribution is 6.35. The topological polar surface area (TPSA) is 89.7 Å². The molecule has 0 saturated heterocycles. The second-order valence-electron chi connectivity index (χ2n) is 7.38. The minimum Gasteiger partial charge on any atom is -0.475 e. The molecule has 3 N–H and O–H groups in total. The van der Waals surface area contributed by atoms with Gasteiger partial charge in [0.25, 0.3) is 5.88 Å². The number of fused-ring (bicyclic) bond motifs is 1. The maximum absolute atomic E-state index is 6.48. The molecule has 0 bridgehead atoms. The summed E-state index contributed by atoms with van der Waals surface area (Å²) in [5, 5.41) is 8.48. The van der Waals surface area contributed by atoms with Gasteiger partial charge in [0.1, 0.15) is 5.69 Å². The van der Waals surface area contributed by atoms with E-state index in [2.05, 4.69) is 15.2 Å². The molecule has 7 heteroatoms. The van der Waals surface area contributed by atoms with Crippen molar-refractivity contribution in [1.29, 1.82) is 0 Å². The molecule has 0 spiro atoms. The van der Waals surface area contributed by atoms with Crippen LogP contribution in [0.1, 0.15) is 19.3 Å². The molecule has 0 radical (unpaired) electrons. The summed E-state index contributed by atoms with van der Waals surface area (Å²) in [7, 11) is 0. The number of benzene rings is 2. The van der Waals surface area contributed by atoms with Crippen LogP contribution < -0.4 is 10.5 Å². The normalized spacial score (nSPS) is 14.1. The largest absolute Gasteiger partial charge is 0.475 e. The summed E-state index contributed by atoms with van der Waals surface area (Å²) in [4.78, 5) is 9.45. The van der Waals surface area contributed by atoms with Gasteiger partial charge in [-0.15, -0.1) is 0 Å². The molecule has 0 aliphatic heterocycles. The Hall–Kier alpha value is -3.12. The third-order valence-corrected chi connectivity index (χ3v) is 5.69. The fourth-order valence-corrected chi connectivity index (χ4v) is 3.81. The summed E-state index contributed by atoms with van der Waals surface area (Å²) in [6.45, 7) is 0.616. The van der Waals surface area contributed by atoms with Crippen LogP contribution in [0.5, 0.6) is 5.88 Å². The van der Waals surface area contributed by atoms with Crippen molar-refractivity contribution in [3.63, 3.8) is 0 Å². The van der Waals surface area contributed by atoms with Crippen LogP contribution in [0.2, 0.25) is 5.02 Å². The highest BCUT2D eigenvalue weighted by Gasteiger charge is 2.21. The monoisotopic (exact) mass is 405 g/mol. The summed E-state index contributed by atoms with van der Waals surface area (Å²) in [5.74, 6) is 1.24. The number of nitrogens with zero attached hydrogens (tertiary/aromatic N) is 3. The van der Waals surface area contributed by atoms with Gasteiger partial charge in [0, 0.05) is 16.5 Å². The van der Waals surface area contributed by atoms with Gasteiger partial charge in [-0.25, -0.2) is 9.97 Å². The van der Waals surface area contributed by atoms with E-state index >= 15 is 0 Å². The van der Waals surface area contributed by atoms with Gasteiger partial charge < -0.3 is 10.5 Å². The maximum atomic E-state index is 6.48. The summed E-state index contributed by atoms with van der Waals surface area (Å²) in [6, 6.07) is 13.7. The molecule has 1 fully saturated rings. The van der Waals surface area contributed by atoms with Gasteiger partial charge >= 0.3 is 0 Å². The number of halogens is 1. The van der Waals surface area contributed by atoms with Crippen LogP contribution in [0.25, 0.3) is 33.4 Å². The van der Waals surface area contributed by atoms with Crippen molar-refractivity contribution in [2.45, 2.75) is 19.3 Å². The number of nitrogens with two attached hydrogens (primary N) is 1. The first-order chi connectivity index (χ1) is 14.2. The number of aromatic nitrogens is 4. The molecular weight excluding hydrogens is 386 g/mol. The molecular formula is C22H20ClN5O. The van der Waals surface area contributed by atoms with Gasteiger partial charge in [-0.2, -0.15) is 5.10 Å². The number of nitrogen functional groups attached to an aromatic ring is 1. The van der Waals surface area contributed by atoms with Crippen LogP contribution >= 0.6 is 11.6 Å². The first-order valence-electron chi connectivity index (χ1n) is 9.68. The van der Waals surface area contributed by atoms with Crippen molar-refractivity contribution < 1.29 is 4.74 Å². The summed E-state index contributed by atoms with van der Waals surface area (Å²) >= 11 is 6.48. The lowest BCUT2D eigenvalue weighted by molar-refractivity contribution is 0.176. The summed E-state index contributed by atoms with van der Waals surface area (Å²) < 4.78 is 5.95. The van der Waals surface area contributed by atoms with Gasteiger partial charge in [-0.1, -0.05) is 48.4 Å². The third-order valence-electron chi connectivity index (χ3n) is 5.39. The quantitative estimate of drug-likeness (QED) is 0.482. The second kappa shape index (κ2) is 7.37. The van der Waals surface area contributed by atoms with Crippen molar-refractivity contribution in [3.8, 4) is 28.4 Å². The highest BCUT2D eigenvalue weighted by atomic mass is 35.5. The lowest BCUT2D eigenvalue weighted by Gasteiger charge is -2.25. The van der Waals surface area contributed by atoms with Gasteiger partial charge in [0.05, 0.1) is 29.0 Å². The van der Waals surface area contributed by atoms with Crippen LogP contribution in [0.15, 0.2) is 48.7 Å². The number of hydrogen-bond donors (Lipinski definition) is 2. The minimum atomic E-state index is 0.294. The fraction of sp³-hybridized carbons (Fsp3) is 0.227. The molecule has 6 nitrogen and oxygen atoms in total. The molecule has 0 atom stereocenters. The fourth-order valence-electron chi connectivity index (χ4n) is 3.54. The number of hydrogen-bond acceptors (Lipinski definition) is 5. The Morgan fingerprint density at radius 1 is 1.07 bits per heavy atom. The maximum Gasteiger partial charge on any atom is 0.257 e. The standard InChI is InChI=1S/C22H20ClN5O/c23-17-10-15(9-16-11-25-28-18(16)17)20-19(14-7-2-1-3-8-14)26-21(24)22(27-20)29-12-13-5-4-6-13/h1-3,7-11,13H,4-6,12H2,(H2,24,26)(H,25,28). The average molecular weight is 406 g/mol. The Kier molecular flexibility index (Phi) is 4.56. The van der Waals surface area contributed by atoms with Gasteiger partial charge in [-0.3, -0.25) is 5.10 Å². The average Bonchev–Trinajstić information content (AvgIpc) is 3.17. The van der Waals surface area contributed by atoms with E-state index in [1.807, 2.05) is 42.5 Å². The zero-order valence-corrected chi connectivity index (χ0v) is 16.5. The Bertz CT molecular complexity index is 1170. The molecule has 5 rings (SSSR count). The van der Waals surface area contributed by atoms with Crippen LogP contribution in [0.3, 0.4) is 0 Å². The van der Waals surface area contributed by atoms with Gasteiger partial charge in [0.15, 0.2) is 5.82 Å². The molecule has 2 aromatic heterocycles. The number of rotatable bonds is 5. The number of ether oxygens (including phenoxy) is 1. The Morgan fingerprint density at radius 2 is 1.86 bits per heavy atom. The van der Waals surface area contributed by atoms with Crippen molar-refractivity contribution in [3.05, 3.63) is 53.7 Å². The smallest absolute Gasteiger partial charge is 0.257 e. The van der Waals surface area contributed by atoms with Crippen molar-refractivity contribution in [2.75, 3.05) is 12.3 Å². The predicted octanol–water partition coefficient (Wildman–Crippen LogP) is 5.10. The zero-order valence-electron chi connectivity index (χ0n) is 15.7. The zero-order chi connectivity index (χ0) is 19.8. The lowest BCUT2D eigenvalue weighted by Crippen LogP contribution is -2.20. The van der Waals surface area contributed by atoms with Crippen LogP contribution in [0, 0.1) is 5.92 Å². The molecule has 1 aliphatic carbocycles. The van der Waals surface area contributed by atoms with Crippen molar-refractivity contribution in [2.24, 2.45) is 5.92 Å². The lowest BCUT2D eigenvalue weighted by atomic mass is 9.86. The predicted molar refractivity (Wildman–Crippen MR) is 115 cm³/mol. The molecule has 2 heterocycles. The molecule has 146 valence electrons. The molecule has 4 aromatic rings. The molecule has 29 heavy (non-hydrogen) atoms. The minimum absolute atomic E-state index is 0.294. The molecule has 0 amide bonds. The van der Waals surface area contributed by atoms with E-state index in [1.165, 1.54) is 19.3 Å². The van der Waals surface area contributed by atoms with E-state index in [4.69, 9.17) is 27.1 Å². The molecule has 2 aromatic carbocycles. The number of aromatic amines is 1. The summed E-state index contributed by atoms with van der Waals surface area (Å²) in [6.07, 6.45) is 5.38. The molecule has 0 unspecified atom stereocenters. The number of anilines is 1. The van der Waals surface area contributed by atoms with E-state index in [0.29, 0.717) is 40.6 Å². The van der Waals surface area contributed by atoms with Gasteiger partial charge in [0.2, 0.25) is 0 Å². The van der Waals surface area contributed by atoms with Crippen molar-refractivity contribution >= 4 is 28.3 Å². The first-order valence-corrected chi connectivity index (χ1v) is 10.1. The van der Waals surface area contributed by atoms with E-state index in [0.717, 1.165) is 22.0 Å². The van der Waals surface area contributed by atoms with Crippen LogP contribution in [0.4, 0.5) is 5.82 Å². The van der Waals surface area contributed by atoms with E-state index in [1.54, 1.807) is 6.20 Å². The van der Waals surface area contributed by atoms with Crippen LogP contribution in [-0.2, 0) is 0 Å². The van der Waals surface area contributed by atoms with Crippen molar-refractivity contribution in [1.82, 2.24) is 20.2 Å².